The molecule has 0 aromatic heterocycles. The summed E-state index contributed by atoms with van der Waals surface area (Å²) in [4.78, 5) is 26.7. The number of rotatable bonds is 5. The van der Waals surface area contributed by atoms with Crippen LogP contribution in [0.25, 0.3) is 0 Å². The summed E-state index contributed by atoms with van der Waals surface area (Å²) < 4.78 is 27.2. The molecule has 2 heterocycles. The molecule has 1 saturated heterocycles. The summed E-state index contributed by atoms with van der Waals surface area (Å²) in [6.07, 6.45) is 1.74. The maximum atomic E-state index is 12.9. The molecular weight excluding hydrogens is 366 g/mol. The number of carbonyl (C=O) groups excluding carboxylic acids is 2. The average Bonchev–Trinajstić information content (AvgIpc) is 3.18. The van der Waals surface area contributed by atoms with Crippen molar-refractivity contribution in [2.75, 3.05) is 24.5 Å². The molecule has 1 fully saturated rings. The maximum Gasteiger partial charge on any atom is 0.243 e. The van der Waals surface area contributed by atoms with Gasteiger partial charge in [-0.15, -0.1) is 0 Å². The molecule has 3 rings (SSSR count). The van der Waals surface area contributed by atoms with Crippen LogP contribution in [-0.4, -0.2) is 50.2 Å². The average molecular weight is 394 g/mol. The molecule has 2 aliphatic rings. The molecule has 0 aliphatic carbocycles. The van der Waals surface area contributed by atoms with Crippen molar-refractivity contribution in [3.8, 4) is 0 Å². The lowest BCUT2D eigenvalue weighted by molar-refractivity contribution is -0.125. The minimum atomic E-state index is -3.56. The highest BCUT2D eigenvalue weighted by Crippen LogP contribution is 2.42. The van der Waals surface area contributed by atoms with Gasteiger partial charge in [0.2, 0.25) is 21.8 Å². The molecule has 0 saturated carbocycles. The van der Waals surface area contributed by atoms with Gasteiger partial charge in [0.05, 0.1) is 10.3 Å². The summed E-state index contributed by atoms with van der Waals surface area (Å²) in [6, 6.07) is 4.76. The predicted octanol–water partition coefficient (Wildman–Crippen LogP) is 1.62. The third-order valence-corrected chi connectivity index (χ3v) is 7.06. The van der Waals surface area contributed by atoms with E-state index >= 15 is 0 Å². The zero-order valence-corrected chi connectivity index (χ0v) is 17.1. The van der Waals surface area contributed by atoms with Crippen molar-refractivity contribution in [3.63, 3.8) is 0 Å². The topological polar surface area (TPSA) is 86.8 Å². The van der Waals surface area contributed by atoms with Crippen molar-refractivity contribution >= 4 is 27.5 Å². The molecule has 0 unspecified atom stereocenters. The molecule has 1 aromatic carbocycles. The van der Waals surface area contributed by atoms with Gasteiger partial charge in [-0.3, -0.25) is 9.59 Å². The van der Waals surface area contributed by atoms with E-state index in [1.807, 2.05) is 13.8 Å². The molecule has 0 spiro atoms. The van der Waals surface area contributed by atoms with Crippen LogP contribution in [0.2, 0.25) is 0 Å². The SMILES string of the molecule is CC(C)NC(=O)CN1C(=O)C(C)(C)c2cc(S(=O)(=O)N3CCCC3)ccc21. The number of nitrogens with zero attached hydrogens (tertiary/aromatic N) is 2. The monoisotopic (exact) mass is 393 g/mol. The van der Waals surface area contributed by atoms with E-state index in [0.29, 0.717) is 24.3 Å². The van der Waals surface area contributed by atoms with Crippen molar-refractivity contribution in [1.82, 2.24) is 9.62 Å². The second kappa shape index (κ2) is 6.91. The first-order chi connectivity index (χ1) is 12.5. The molecule has 2 amide bonds. The van der Waals surface area contributed by atoms with Crippen LogP contribution in [0.5, 0.6) is 0 Å². The summed E-state index contributed by atoms with van der Waals surface area (Å²) in [7, 11) is -3.56. The third-order valence-electron chi connectivity index (χ3n) is 5.17. The van der Waals surface area contributed by atoms with Gasteiger partial charge in [-0.1, -0.05) is 0 Å². The molecule has 0 atom stereocenters. The first kappa shape index (κ1) is 19.8. The number of carbonyl (C=O) groups is 2. The molecule has 7 nitrogen and oxygen atoms in total. The number of hydrogen-bond donors (Lipinski definition) is 1. The predicted molar refractivity (Wildman–Crippen MR) is 103 cm³/mol. The van der Waals surface area contributed by atoms with Crippen LogP contribution in [0.1, 0.15) is 46.1 Å². The fourth-order valence-corrected chi connectivity index (χ4v) is 5.26. The zero-order valence-electron chi connectivity index (χ0n) is 16.3. The third kappa shape index (κ3) is 3.48. The van der Waals surface area contributed by atoms with Crippen molar-refractivity contribution < 1.29 is 18.0 Å². The van der Waals surface area contributed by atoms with Gasteiger partial charge in [-0.2, -0.15) is 4.31 Å². The van der Waals surface area contributed by atoms with Crippen molar-refractivity contribution in [2.24, 2.45) is 0 Å². The van der Waals surface area contributed by atoms with E-state index < -0.39 is 15.4 Å². The normalized spacial score (nSPS) is 19.6. The molecule has 0 bridgehead atoms. The first-order valence-electron chi connectivity index (χ1n) is 9.31. The van der Waals surface area contributed by atoms with Crippen LogP contribution < -0.4 is 10.2 Å². The number of nitrogens with one attached hydrogen (secondary N) is 1. The zero-order chi connectivity index (χ0) is 20.0. The Morgan fingerprint density at radius 3 is 2.44 bits per heavy atom. The fourth-order valence-electron chi connectivity index (χ4n) is 3.72. The lowest BCUT2D eigenvalue weighted by atomic mass is 9.86. The number of amides is 2. The number of anilines is 1. The number of fused-ring (bicyclic) bond motifs is 1. The molecular formula is C19H27N3O4S. The molecule has 0 radical (unpaired) electrons. The van der Waals surface area contributed by atoms with Crippen LogP contribution in [0.15, 0.2) is 23.1 Å². The van der Waals surface area contributed by atoms with E-state index in [0.717, 1.165) is 12.8 Å². The van der Waals surface area contributed by atoms with Gasteiger partial charge >= 0.3 is 0 Å². The lowest BCUT2D eigenvalue weighted by Crippen LogP contribution is -2.44. The highest BCUT2D eigenvalue weighted by molar-refractivity contribution is 7.89. The van der Waals surface area contributed by atoms with Gasteiger partial charge in [-0.25, -0.2) is 8.42 Å². The van der Waals surface area contributed by atoms with Gasteiger partial charge < -0.3 is 10.2 Å². The summed E-state index contributed by atoms with van der Waals surface area (Å²) in [5, 5.41) is 2.79. The highest BCUT2D eigenvalue weighted by atomic mass is 32.2. The standard InChI is InChI=1S/C19H27N3O4S/c1-13(2)20-17(23)12-22-16-8-7-14(11-15(16)19(3,4)18(22)24)27(25,26)21-9-5-6-10-21/h7-8,11,13H,5-6,9-10,12H2,1-4H3,(H,20,23). The van der Waals surface area contributed by atoms with Gasteiger partial charge in [-0.05, 0) is 64.3 Å². The Morgan fingerprint density at radius 1 is 1.22 bits per heavy atom. The Balaban J connectivity index is 1.96. The number of benzene rings is 1. The van der Waals surface area contributed by atoms with E-state index in [1.54, 1.807) is 26.0 Å². The first-order valence-corrected chi connectivity index (χ1v) is 10.7. The molecule has 148 valence electrons. The van der Waals surface area contributed by atoms with E-state index in [2.05, 4.69) is 5.32 Å². The fraction of sp³-hybridized carbons (Fsp3) is 0.579. The minimum Gasteiger partial charge on any atom is -0.352 e. The van der Waals surface area contributed by atoms with Gasteiger partial charge in [0.15, 0.2) is 0 Å². The Kier molecular flexibility index (Phi) is 5.07. The Hall–Kier alpha value is -1.93. The van der Waals surface area contributed by atoms with E-state index in [1.165, 1.54) is 15.3 Å². The summed E-state index contributed by atoms with van der Waals surface area (Å²) in [5.74, 6) is -0.442. The summed E-state index contributed by atoms with van der Waals surface area (Å²) in [6.45, 7) is 8.23. The number of sulfonamides is 1. The van der Waals surface area contributed by atoms with E-state index in [9.17, 15) is 18.0 Å². The van der Waals surface area contributed by atoms with Crippen LogP contribution in [0.3, 0.4) is 0 Å². The van der Waals surface area contributed by atoms with Crippen molar-refractivity contribution in [1.29, 1.82) is 0 Å². The van der Waals surface area contributed by atoms with Crippen molar-refractivity contribution in [3.05, 3.63) is 23.8 Å². The second-order valence-electron chi connectivity index (χ2n) is 8.03. The van der Waals surface area contributed by atoms with E-state index in [-0.39, 0.29) is 29.3 Å². The van der Waals surface area contributed by atoms with E-state index in [4.69, 9.17) is 0 Å². The molecule has 1 aromatic rings. The van der Waals surface area contributed by atoms with Gasteiger partial charge in [0.25, 0.3) is 0 Å². The Labute approximate surface area is 160 Å². The Bertz CT molecular complexity index is 871. The highest BCUT2D eigenvalue weighted by Gasteiger charge is 2.45. The molecule has 2 aliphatic heterocycles. The molecule has 8 heteroatoms. The lowest BCUT2D eigenvalue weighted by Gasteiger charge is -2.20. The summed E-state index contributed by atoms with van der Waals surface area (Å²) >= 11 is 0. The molecule has 1 N–H and O–H groups in total. The van der Waals surface area contributed by atoms with Gasteiger partial charge in [0.1, 0.15) is 6.54 Å². The second-order valence-corrected chi connectivity index (χ2v) is 9.97. The molecule has 27 heavy (non-hydrogen) atoms. The van der Waals surface area contributed by atoms with Crippen LogP contribution in [0, 0.1) is 0 Å². The maximum absolute atomic E-state index is 12.9. The Morgan fingerprint density at radius 2 is 1.85 bits per heavy atom. The van der Waals surface area contributed by atoms with Gasteiger partial charge in [0, 0.05) is 24.8 Å². The van der Waals surface area contributed by atoms with Crippen LogP contribution >= 0.6 is 0 Å². The summed E-state index contributed by atoms with van der Waals surface area (Å²) in [5.41, 5.74) is 0.360. The number of hydrogen-bond acceptors (Lipinski definition) is 4. The van der Waals surface area contributed by atoms with Crippen LogP contribution in [-0.2, 0) is 25.0 Å². The van der Waals surface area contributed by atoms with Crippen molar-refractivity contribution in [2.45, 2.75) is 56.9 Å². The minimum absolute atomic E-state index is 0.0179. The largest absolute Gasteiger partial charge is 0.352 e. The quantitative estimate of drug-likeness (QED) is 0.824. The van der Waals surface area contributed by atoms with Crippen LogP contribution in [0.4, 0.5) is 5.69 Å². The smallest absolute Gasteiger partial charge is 0.243 e.